The van der Waals surface area contributed by atoms with Crippen LogP contribution < -0.4 is 9.64 Å². The average molecular weight is 305 g/mol. The Kier molecular flexibility index (Phi) is 3.47. The van der Waals surface area contributed by atoms with Crippen LogP contribution in [0, 0.1) is 23.3 Å². The van der Waals surface area contributed by atoms with Gasteiger partial charge in [0, 0.05) is 13.1 Å². The molecule has 1 aromatic rings. The van der Waals surface area contributed by atoms with Crippen LogP contribution >= 0.6 is 0 Å². The molecule has 0 N–H and O–H groups in total. The van der Waals surface area contributed by atoms with Gasteiger partial charge in [0.15, 0.2) is 17.4 Å². The minimum absolute atomic E-state index is 0.0877. The molecule has 2 aliphatic rings. The van der Waals surface area contributed by atoms with E-state index in [4.69, 9.17) is 4.74 Å². The summed E-state index contributed by atoms with van der Waals surface area (Å²) in [5.74, 6) is -6.81. The smallest absolute Gasteiger partial charge is 0.206 e. The highest BCUT2D eigenvalue weighted by atomic mass is 19.2. The number of benzene rings is 1. The van der Waals surface area contributed by atoms with E-state index >= 15 is 0 Å². The largest absolute Gasteiger partial charge is 0.488 e. The number of hydrogen-bond acceptors (Lipinski definition) is 3. The summed E-state index contributed by atoms with van der Waals surface area (Å²) in [7, 11) is 0. The number of anilines is 1. The van der Waals surface area contributed by atoms with Crippen LogP contribution in [-0.2, 0) is 4.74 Å². The number of nitrogens with zero attached hydrogens (tertiary/aromatic N) is 1. The third-order valence-electron chi connectivity index (χ3n) is 4.03. The van der Waals surface area contributed by atoms with Gasteiger partial charge in [-0.05, 0) is 19.8 Å². The average Bonchev–Trinajstić information content (AvgIpc) is 3.23. The lowest BCUT2D eigenvalue weighted by Gasteiger charge is -2.32. The SMILES string of the molecule is CCOc1c(F)c(F)c(N2CCC3(CC2)CO3)c(F)c1F. The molecule has 116 valence electrons. The predicted molar refractivity (Wildman–Crippen MR) is 67.6 cm³/mol. The van der Waals surface area contributed by atoms with Crippen molar-refractivity contribution in [1.29, 1.82) is 0 Å². The summed E-state index contributed by atoms with van der Waals surface area (Å²) in [6.07, 6.45) is 1.17. The van der Waals surface area contributed by atoms with E-state index in [1.807, 2.05) is 0 Å². The van der Waals surface area contributed by atoms with Gasteiger partial charge in [-0.15, -0.1) is 0 Å². The van der Waals surface area contributed by atoms with Gasteiger partial charge in [-0.2, -0.15) is 8.78 Å². The van der Waals surface area contributed by atoms with Crippen LogP contribution in [0.1, 0.15) is 19.8 Å². The Bertz CT molecular complexity index is 536. The molecule has 3 rings (SSSR count). The first kappa shape index (κ1) is 14.4. The van der Waals surface area contributed by atoms with E-state index in [1.165, 1.54) is 11.8 Å². The molecule has 1 spiro atoms. The van der Waals surface area contributed by atoms with Crippen LogP contribution in [0.5, 0.6) is 5.75 Å². The van der Waals surface area contributed by atoms with Gasteiger partial charge in [0.1, 0.15) is 5.69 Å². The standard InChI is InChI=1S/C14H15F4NO2/c1-2-20-13-10(17)8(15)12(9(16)11(13)18)19-5-3-14(4-6-19)7-21-14/h2-7H2,1H3. The first-order chi connectivity index (χ1) is 9.99. The van der Waals surface area contributed by atoms with Gasteiger partial charge < -0.3 is 14.4 Å². The molecule has 0 amide bonds. The second-order valence-electron chi connectivity index (χ2n) is 5.33. The molecule has 0 bridgehead atoms. The van der Waals surface area contributed by atoms with Crippen LogP contribution in [0.4, 0.5) is 23.2 Å². The number of halogens is 4. The molecule has 2 saturated heterocycles. The highest BCUT2D eigenvalue weighted by molar-refractivity contribution is 5.54. The molecule has 0 saturated carbocycles. The highest BCUT2D eigenvalue weighted by Gasteiger charge is 2.47. The minimum atomic E-state index is -1.49. The third-order valence-corrected chi connectivity index (χ3v) is 4.03. The summed E-state index contributed by atoms with van der Waals surface area (Å²) in [5, 5.41) is 0. The topological polar surface area (TPSA) is 25.0 Å². The van der Waals surface area contributed by atoms with Crippen LogP contribution in [0.3, 0.4) is 0 Å². The first-order valence-corrected chi connectivity index (χ1v) is 6.87. The van der Waals surface area contributed by atoms with Crippen molar-refractivity contribution in [3.63, 3.8) is 0 Å². The Morgan fingerprint density at radius 1 is 1.05 bits per heavy atom. The lowest BCUT2D eigenvalue weighted by atomic mass is 9.97. The molecule has 3 nitrogen and oxygen atoms in total. The fourth-order valence-electron chi connectivity index (χ4n) is 2.68. The van der Waals surface area contributed by atoms with E-state index in [0.717, 1.165) is 0 Å². The van der Waals surface area contributed by atoms with E-state index in [9.17, 15) is 17.6 Å². The molecule has 2 fully saturated rings. The lowest BCUT2D eigenvalue weighted by molar-refractivity contribution is 0.256. The Hall–Kier alpha value is -1.50. The second kappa shape index (κ2) is 5.05. The number of rotatable bonds is 3. The van der Waals surface area contributed by atoms with Gasteiger partial charge in [-0.1, -0.05) is 0 Å². The lowest BCUT2D eigenvalue weighted by Crippen LogP contribution is -2.39. The van der Waals surface area contributed by atoms with E-state index < -0.39 is 34.7 Å². The molecule has 0 unspecified atom stereocenters. The maximum absolute atomic E-state index is 14.1. The van der Waals surface area contributed by atoms with E-state index in [2.05, 4.69) is 4.74 Å². The van der Waals surface area contributed by atoms with Gasteiger partial charge in [0.25, 0.3) is 0 Å². The molecule has 0 atom stereocenters. The summed E-state index contributed by atoms with van der Waals surface area (Å²) in [5.41, 5.74) is -0.852. The molecule has 2 heterocycles. The minimum Gasteiger partial charge on any atom is -0.488 e. The van der Waals surface area contributed by atoms with Crippen molar-refractivity contribution < 1.29 is 27.0 Å². The zero-order valence-corrected chi connectivity index (χ0v) is 11.5. The molecule has 21 heavy (non-hydrogen) atoms. The molecular weight excluding hydrogens is 290 g/mol. The van der Waals surface area contributed by atoms with Gasteiger partial charge in [0.2, 0.25) is 11.6 Å². The zero-order valence-electron chi connectivity index (χ0n) is 11.5. The van der Waals surface area contributed by atoms with Crippen molar-refractivity contribution in [3.8, 4) is 5.75 Å². The van der Waals surface area contributed by atoms with Crippen molar-refractivity contribution >= 4 is 5.69 Å². The van der Waals surface area contributed by atoms with Crippen LogP contribution in [-0.4, -0.2) is 31.9 Å². The normalized spacial score (nSPS) is 20.0. The Morgan fingerprint density at radius 3 is 2.00 bits per heavy atom. The molecule has 0 radical (unpaired) electrons. The Labute approximate surface area is 119 Å². The fraction of sp³-hybridized carbons (Fsp3) is 0.571. The van der Waals surface area contributed by atoms with Crippen molar-refractivity contribution in [2.24, 2.45) is 0 Å². The first-order valence-electron chi connectivity index (χ1n) is 6.87. The maximum atomic E-state index is 14.1. The molecule has 0 aromatic heterocycles. The Morgan fingerprint density at radius 2 is 1.57 bits per heavy atom. The summed E-state index contributed by atoms with van der Waals surface area (Å²) in [6.45, 7) is 2.61. The summed E-state index contributed by atoms with van der Waals surface area (Å²) >= 11 is 0. The fourth-order valence-corrected chi connectivity index (χ4v) is 2.68. The van der Waals surface area contributed by atoms with Gasteiger partial charge in [-0.25, -0.2) is 8.78 Å². The van der Waals surface area contributed by atoms with Gasteiger partial charge in [-0.3, -0.25) is 0 Å². The quantitative estimate of drug-likeness (QED) is 0.487. The summed E-state index contributed by atoms with van der Waals surface area (Å²) < 4.78 is 65.8. The molecule has 1 aromatic carbocycles. The Balaban J connectivity index is 1.95. The molecule has 0 aliphatic carbocycles. The van der Waals surface area contributed by atoms with Crippen molar-refractivity contribution in [3.05, 3.63) is 23.3 Å². The highest BCUT2D eigenvalue weighted by Crippen LogP contribution is 2.41. The van der Waals surface area contributed by atoms with Crippen LogP contribution in [0.2, 0.25) is 0 Å². The van der Waals surface area contributed by atoms with E-state index in [-0.39, 0.29) is 12.2 Å². The van der Waals surface area contributed by atoms with Crippen molar-refractivity contribution in [2.75, 3.05) is 31.2 Å². The zero-order chi connectivity index (χ0) is 15.2. The number of ether oxygens (including phenoxy) is 2. The maximum Gasteiger partial charge on any atom is 0.206 e. The van der Waals surface area contributed by atoms with E-state index in [1.54, 1.807) is 0 Å². The third kappa shape index (κ3) is 2.33. The summed E-state index contributed by atoms with van der Waals surface area (Å²) in [6, 6.07) is 0. The molecule has 7 heteroatoms. The van der Waals surface area contributed by atoms with Gasteiger partial charge in [0.05, 0.1) is 18.8 Å². The number of epoxide rings is 1. The van der Waals surface area contributed by atoms with Gasteiger partial charge >= 0.3 is 0 Å². The second-order valence-corrected chi connectivity index (χ2v) is 5.33. The number of hydrogen-bond donors (Lipinski definition) is 0. The monoisotopic (exact) mass is 305 g/mol. The van der Waals surface area contributed by atoms with Crippen LogP contribution in [0.25, 0.3) is 0 Å². The molecule has 2 aliphatic heterocycles. The number of piperidine rings is 1. The predicted octanol–water partition coefficient (Wildman–Crippen LogP) is 3.01. The van der Waals surface area contributed by atoms with Crippen LogP contribution in [0.15, 0.2) is 0 Å². The van der Waals surface area contributed by atoms with E-state index in [0.29, 0.717) is 32.5 Å². The summed E-state index contributed by atoms with van der Waals surface area (Å²) in [4.78, 5) is 1.32. The van der Waals surface area contributed by atoms with Crippen molar-refractivity contribution in [2.45, 2.75) is 25.4 Å². The molecular formula is C14H15F4NO2. The van der Waals surface area contributed by atoms with Crippen molar-refractivity contribution in [1.82, 2.24) is 0 Å².